The third kappa shape index (κ3) is 3.79. The normalized spacial score (nSPS) is 22.4. The molecule has 1 aliphatic carbocycles. The Labute approximate surface area is 162 Å². The molecule has 0 spiro atoms. The monoisotopic (exact) mass is 363 g/mol. The third-order valence-electron chi connectivity index (χ3n) is 6.19. The van der Waals surface area contributed by atoms with Crippen molar-refractivity contribution in [1.29, 1.82) is 0 Å². The molecule has 142 valence electrons. The second-order valence-corrected chi connectivity index (χ2v) is 7.91. The van der Waals surface area contributed by atoms with Gasteiger partial charge < -0.3 is 4.74 Å². The van der Waals surface area contributed by atoms with E-state index in [0.29, 0.717) is 18.2 Å². The van der Waals surface area contributed by atoms with Gasteiger partial charge in [-0.2, -0.15) is 0 Å². The predicted molar refractivity (Wildman–Crippen MR) is 109 cm³/mol. The Morgan fingerprint density at radius 2 is 1.96 bits per heavy atom. The second-order valence-electron chi connectivity index (χ2n) is 7.91. The van der Waals surface area contributed by atoms with Crippen LogP contribution in [-0.2, 0) is 17.6 Å². The minimum absolute atomic E-state index is 0.250. The van der Waals surface area contributed by atoms with Gasteiger partial charge in [0.2, 0.25) is 0 Å². The van der Waals surface area contributed by atoms with E-state index in [-0.39, 0.29) is 5.97 Å². The number of carbonyl (C=O) groups excluding carboxylic acids is 1. The van der Waals surface area contributed by atoms with Gasteiger partial charge in [0.05, 0.1) is 12.2 Å². The molecular weight excluding hydrogens is 334 g/mol. The molecule has 2 aromatic carbocycles. The van der Waals surface area contributed by atoms with Gasteiger partial charge in [0.1, 0.15) is 0 Å². The van der Waals surface area contributed by atoms with Gasteiger partial charge >= 0.3 is 5.97 Å². The molecule has 0 amide bonds. The van der Waals surface area contributed by atoms with E-state index in [9.17, 15) is 4.79 Å². The van der Waals surface area contributed by atoms with Crippen LogP contribution < -0.4 is 0 Å². The first-order chi connectivity index (χ1) is 13.2. The molecule has 27 heavy (non-hydrogen) atoms. The average Bonchev–Trinajstić information content (AvgIpc) is 3.13. The Bertz CT molecular complexity index is 829. The molecule has 3 heteroatoms. The van der Waals surface area contributed by atoms with E-state index in [1.807, 2.05) is 25.1 Å². The summed E-state index contributed by atoms with van der Waals surface area (Å²) in [5.74, 6) is -0.250. The predicted octanol–water partition coefficient (Wildman–Crippen LogP) is 4.87. The fourth-order valence-electron chi connectivity index (χ4n) is 4.74. The number of hydrogen-bond donors (Lipinski definition) is 0. The van der Waals surface area contributed by atoms with Gasteiger partial charge in [0.25, 0.3) is 0 Å². The summed E-state index contributed by atoms with van der Waals surface area (Å²) in [4.78, 5) is 14.7. The largest absolute Gasteiger partial charge is 0.462 e. The fourth-order valence-corrected chi connectivity index (χ4v) is 4.74. The summed E-state index contributed by atoms with van der Waals surface area (Å²) in [6, 6.07) is 16.0. The fraction of sp³-hybridized carbons (Fsp3) is 0.458. The third-order valence-corrected chi connectivity index (χ3v) is 6.19. The SMILES string of the molecule is CCOC(=O)c1cccc(-c2ccc3c(c2)CCC(N2CCCC2C)C3)c1. The van der Waals surface area contributed by atoms with E-state index in [2.05, 4.69) is 36.1 Å². The zero-order valence-electron chi connectivity index (χ0n) is 16.4. The molecule has 2 aromatic rings. The van der Waals surface area contributed by atoms with Crippen LogP contribution in [0.5, 0.6) is 0 Å². The van der Waals surface area contributed by atoms with E-state index in [1.165, 1.54) is 48.9 Å². The number of hydrogen-bond acceptors (Lipinski definition) is 3. The van der Waals surface area contributed by atoms with Crippen molar-refractivity contribution in [2.45, 2.75) is 58.0 Å². The van der Waals surface area contributed by atoms with Gasteiger partial charge in [-0.1, -0.05) is 30.3 Å². The average molecular weight is 364 g/mol. The highest BCUT2D eigenvalue weighted by Gasteiger charge is 2.30. The number of ether oxygens (including phenoxy) is 1. The van der Waals surface area contributed by atoms with Crippen molar-refractivity contribution in [1.82, 2.24) is 4.90 Å². The maximum atomic E-state index is 12.0. The van der Waals surface area contributed by atoms with Gasteiger partial charge in [-0.25, -0.2) is 4.79 Å². The van der Waals surface area contributed by atoms with Gasteiger partial charge in [-0.3, -0.25) is 4.90 Å². The summed E-state index contributed by atoms with van der Waals surface area (Å²) in [6.07, 6.45) is 6.26. The van der Waals surface area contributed by atoms with Crippen molar-refractivity contribution in [3.63, 3.8) is 0 Å². The van der Waals surface area contributed by atoms with Crippen LogP contribution in [0.1, 0.15) is 54.6 Å². The first-order valence-electron chi connectivity index (χ1n) is 10.3. The smallest absolute Gasteiger partial charge is 0.338 e. The highest BCUT2D eigenvalue weighted by atomic mass is 16.5. The number of benzene rings is 2. The molecule has 1 fully saturated rings. The first kappa shape index (κ1) is 18.2. The van der Waals surface area contributed by atoms with Crippen LogP contribution in [0.25, 0.3) is 11.1 Å². The minimum atomic E-state index is -0.250. The maximum absolute atomic E-state index is 12.0. The van der Waals surface area contributed by atoms with Crippen LogP contribution in [0, 0.1) is 0 Å². The molecular formula is C24H29NO2. The topological polar surface area (TPSA) is 29.5 Å². The molecule has 0 saturated carbocycles. The lowest BCUT2D eigenvalue weighted by Crippen LogP contribution is -2.41. The van der Waals surface area contributed by atoms with Crippen LogP contribution in [0.4, 0.5) is 0 Å². The maximum Gasteiger partial charge on any atom is 0.338 e. The Morgan fingerprint density at radius 3 is 2.74 bits per heavy atom. The summed E-state index contributed by atoms with van der Waals surface area (Å²) < 4.78 is 5.13. The molecule has 0 N–H and O–H groups in total. The van der Waals surface area contributed by atoms with Crippen molar-refractivity contribution in [2.75, 3.05) is 13.2 Å². The van der Waals surface area contributed by atoms with Crippen molar-refractivity contribution < 1.29 is 9.53 Å². The van der Waals surface area contributed by atoms with Gasteiger partial charge in [0.15, 0.2) is 0 Å². The Kier molecular flexibility index (Phi) is 5.31. The lowest BCUT2D eigenvalue weighted by molar-refractivity contribution is 0.0526. The molecule has 1 heterocycles. The van der Waals surface area contributed by atoms with Gasteiger partial charge in [-0.05, 0) is 86.9 Å². The Morgan fingerprint density at radius 1 is 1.11 bits per heavy atom. The molecule has 0 radical (unpaired) electrons. The lowest BCUT2D eigenvalue weighted by atomic mass is 9.85. The van der Waals surface area contributed by atoms with Crippen molar-refractivity contribution >= 4 is 5.97 Å². The Balaban J connectivity index is 1.54. The van der Waals surface area contributed by atoms with E-state index in [4.69, 9.17) is 4.74 Å². The van der Waals surface area contributed by atoms with Crippen LogP contribution in [0.15, 0.2) is 42.5 Å². The van der Waals surface area contributed by atoms with Crippen molar-refractivity contribution in [3.8, 4) is 11.1 Å². The van der Waals surface area contributed by atoms with Gasteiger partial charge in [0, 0.05) is 12.1 Å². The number of fused-ring (bicyclic) bond motifs is 1. The summed E-state index contributed by atoms with van der Waals surface area (Å²) in [6.45, 7) is 5.88. The number of rotatable bonds is 4. The van der Waals surface area contributed by atoms with Crippen LogP contribution in [0.3, 0.4) is 0 Å². The second kappa shape index (κ2) is 7.85. The summed E-state index contributed by atoms with van der Waals surface area (Å²) in [5.41, 5.74) is 5.86. The minimum Gasteiger partial charge on any atom is -0.462 e. The van der Waals surface area contributed by atoms with E-state index < -0.39 is 0 Å². The van der Waals surface area contributed by atoms with E-state index in [0.717, 1.165) is 18.0 Å². The zero-order chi connectivity index (χ0) is 18.8. The molecule has 1 saturated heterocycles. The Hall–Kier alpha value is -2.13. The molecule has 4 rings (SSSR count). The van der Waals surface area contributed by atoms with Crippen molar-refractivity contribution in [2.24, 2.45) is 0 Å². The molecule has 0 aromatic heterocycles. The summed E-state index contributed by atoms with van der Waals surface area (Å²) in [5, 5.41) is 0. The molecule has 2 unspecified atom stereocenters. The van der Waals surface area contributed by atoms with E-state index >= 15 is 0 Å². The van der Waals surface area contributed by atoms with E-state index in [1.54, 1.807) is 0 Å². The van der Waals surface area contributed by atoms with Crippen LogP contribution in [-0.4, -0.2) is 36.1 Å². The zero-order valence-corrected chi connectivity index (χ0v) is 16.4. The van der Waals surface area contributed by atoms with Crippen LogP contribution in [0.2, 0.25) is 0 Å². The van der Waals surface area contributed by atoms with Crippen molar-refractivity contribution in [3.05, 3.63) is 59.2 Å². The standard InChI is InChI=1S/C24H29NO2/c1-3-27-24(26)22-8-4-7-18(15-22)19-9-10-21-16-23(12-11-20(21)14-19)25-13-5-6-17(25)2/h4,7-10,14-15,17,23H,3,5-6,11-13,16H2,1-2H3. The molecule has 0 bridgehead atoms. The van der Waals surface area contributed by atoms with Gasteiger partial charge in [-0.15, -0.1) is 0 Å². The lowest BCUT2D eigenvalue weighted by Gasteiger charge is -2.35. The van der Waals surface area contributed by atoms with Crippen LogP contribution >= 0.6 is 0 Å². The number of aryl methyl sites for hydroxylation is 1. The molecule has 2 atom stereocenters. The molecule has 3 nitrogen and oxygen atoms in total. The number of esters is 1. The highest BCUT2D eigenvalue weighted by molar-refractivity contribution is 5.91. The summed E-state index contributed by atoms with van der Waals surface area (Å²) in [7, 11) is 0. The highest BCUT2D eigenvalue weighted by Crippen LogP contribution is 2.32. The quantitative estimate of drug-likeness (QED) is 0.726. The molecule has 1 aliphatic heterocycles. The number of nitrogens with zero attached hydrogens (tertiary/aromatic N) is 1. The summed E-state index contributed by atoms with van der Waals surface area (Å²) >= 11 is 0. The number of carbonyl (C=O) groups is 1. The molecule has 2 aliphatic rings. The first-order valence-corrected chi connectivity index (χ1v) is 10.3. The number of likely N-dealkylation sites (tertiary alicyclic amines) is 1.